The number of ether oxygens (including phenoxy) is 2. The molecule has 0 atom stereocenters. The Morgan fingerprint density at radius 2 is 1.71 bits per heavy atom. The van der Waals surface area contributed by atoms with Gasteiger partial charge < -0.3 is 29.0 Å². The molecule has 1 aromatic carbocycles. The molecule has 0 fully saturated rings. The fourth-order valence-corrected chi connectivity index (χ4v) is 3.67. The van der Waals surface area contributed by atoms with Gasteiger partial charge in [-0.3, -0.25) is 4.79 Å². The van der Waals surface area contributed by atoms with Crippen molar-refractivity contribution in [3.63, 3.8) is 0 Å². The lowest BCUT2D eigenvalue weighted by molar-refractivity contribution is -0.132. The lowest BCUT2D eigenvalue weighted by Crippen LogP contribution is -2.52. The number of hydrogen-bond donors (Lipinski definition) is 1. The van der Waals surface area contributed by atoms with Gasteiger partial charge in [0.05, 0.1) is 20.8 Å². The van der Waals surface area contributed by atoms with Crippen LogP contribution in [0.2, 0.25) is 0 Å². The molecule has 0 aliphatic carbocycles. The number of furan rings is 1. The third-order valence-electron chi connectivity index (χ3n) is 5.29. The predicted octanol–water partition coefficient (Wildman–Crippen LogP) is 4.64. The number of benzene rings is 1. The quantitative estimate of drug-likeness (QED) is 0.499. The van der Waals surface area contributed by atoms with Crippen molar-refractivity contribution in [3.8, 4) is 11.5 Å². The van der Waals surface area contributed by atoms with Crippen molar-refractivity contribution in [2.24, 2.45) is 5.92 Å². The molecular formula is C27H41N3O5. The van der Waals surface area contributed by atoms with Crippen LogP contribution in [0.4, 0.5) is 4.79 Å². The van der Waals surface area contributed by atoms with E-state index in [9.17, 15) is 9.59 Å². The molecule has 1 aromatic heterocycles. The molecule has 1 N–H and O–H groups in total. The third-order valence-corrected chi connectivity index (χ3v) is 5.29. The van der Waals surface area contributed by atoms with E-state index in [2.05, 4.69) is 5.32 Å². The van der Waals surface area contributed by atoms with Crippen molar-refractivity contribution in [1.82, 2.24) is 15.1 Å². The Kier molecular flexibility index (Phi) is 10.0. The van der Waals surface area contributed by atoms with E-state index in [0.29, 0.717) is 43.3 Å². The molecule has 35 heavy (non-hydrogen) atoms. The zero-order valence-corrected chi connectivity index (χ0v) is 22.4. The number of rotatable bonds is 11. The molecule has 0 unspecified atom stereocenters. The van der Waals surface area contributed by atoms with Crippen LogP contribution in [0.3, 0.4) is 0 Å². The summed E-state index contributed by atoms with van der Waals surface area (Å²) in [5.74, 6) is 2.89. The second-order valence-corrected chi connectivity index (χ2v) is 10.2. The van der Waals surface area contributed by atoms with E-state index >= 15 is 0 Å². The first kappa shape index (κ1) is 28.1. The number of aryl methyl sites for hydroxylation is 1. The van der Waals surface area contributed by atoms with Gasteiger partial charge in [-0.2, -0.15) is 0 Å². The summed E-state index contributed by atoms with van der Waals surface area (Å²) in [7, 11) is 3.20. The minimum absolute atomic E-state index is 0.00822. The van der Waals surface area contributed by atoms with Crippen molar-refractivity contribution in [3.05, 3.63) is 47.4 Å². The molecule has 0 saturated carbocycles. The standard InChI is InChI=1S/C27H41N3O5/c1-19(2)16-30(26(32)28-27(4,5)6)18-25(31)29(17-22-11-9-20(3)35-22)14-13-21-10-12-23(33-7)24(15-21)34-8/h9-12,15,19H,13-14,16-18H2,1-8H3,(H,28,32). The van der Waals surface area contributed by atoms with Crippen LogP contribution in [0.25, 0.3) is 0 Å². The fourth-order valence-electron chi connectivity index (χ4n) is 3.67. The van der Waals surface area contributed by atoms with E-state index in [1.807, 2.05) is 71.9 Å². The minimum Gasteiger partial charge on any atom is -0.493 e. The second-order valence-electron chi connectivity index (χ2n) is 10.2. The van der Waals surface area contributed by atoms with E-state index in [4.69, 9.17) is 13.9 Å². The van der Waals surface area contributed by atoms with Crippen LogP contribution >= 0.6 is 0 Å². The second kappa shape index (κ2) is 12.5. The van der Waals surface area contributed by atoms with Crippen LogP contribution < -0.4 is 14.8 Å². The highest BCUT2D eigenvalue weighted by molar-refractivity contribution is 5.84. The van der Waals surface area contributed by atoms with Gasteiger partial charge in [-0.05, 0) is 69.9 Å². The van der Waals surface area contributed by atoms with Crippen LogP contribution in [0.1, 0.15) is 51.7 Å². The molecule has 0 radical (unpaired) electrons. The van der Waals surface area contributed by atoms with E-state index in [1.54, 1.807) is 24.0 Å². The summed E-state index contributed by atoms with van der Waals surface area (Å²) < 4.78 is 16.5. The smallest absolute Gasteiger partial charge is 0.318 e. The number of urea groups is 1. The molecule has 0 saturated heterocycles. The Morgan fingerprint density at radius 1 is 1.03 bits per heavy atom. The van der Waals surface area contributed by atoms with E-state index in [1.165, 1.54) is 0 Å². The summed E-state index contributed by atoms with van der Waals surface area (Å²) in [4.78, 5) is 29.7. The van der Waals surface area contributed by atoms with Crippen molar-refractivity contribution in [2.45, 2.75) is 60.0 Å². The summed E-state index contributed by atoms with van der Waals surface area (Å²) in [5, 5.41) is 2.98. The van der Waals surface area contributed by atoms with Crippen molar-refractivity contribution < 1.29 is 23.5 Å². The first-order valence-electron chi connectivity index (χ1n) is 12.0. The Balaban J connectivity index is 2.21. The highest BCUT2D eigenvalue weighted by Gasteiger charge is 2.25. The molecule has 3 amide bonds. The molecule has 0 aliphatic rings. The number of nitrogens with one attached hydrogen (secondary N) is 1. The average Bonchev–Trinajstić information content (AvgIpc) is 3.18. The first-order chi connectivity index (χ1) is 16.4. The van der Waals surface area contributed by atoms with Gasteiger partial charge in [-0.1, -0.05) is 19.9 Å². The van der Waals surface area contributed by atoms with Crippen molar-refractivity contribution in [2.75, 3.05) is 33.9 Å². The Labute approximate surface area is 209 Å². The Hall–Kier alpha value is -3.16. The maximum atomic E-state index is 13.5. The average molecular weight is 488 g/mol. The highest BCUT2D eigenvalue weighted by atomic mass is 16.5. The molecule has 2 aromatic rings. The van der Waals surface area contributed by atoms with Gasteiger partial charge in [0.1, 0.15) is 18.1 Å². The number of hydrogen-bond acceptors (Lipinski definition) is 5. The predicted molar refractivity (Wildman–Crippen MR) is 137 cm³/mol. The molecule has 194 valence electrons. The summed E-state index contributed by atoms with van der Waals surface area (Å²) in [6.45, 7) is 13.0. The van der Waals surface area contributed by atoms with Gasteiger partial charge in [-0.15, -0.1) is 0 Å². The number of carbonyl (C=O) groups excluding carboxylic acids is 2. The van der Waals surface area contributed by atoms with Gasteiger partial charge >= 0.3 is 6.03 Å². The van der Waals surface area contributed by atoms with Crippen LogP contribution in [-0.2, 0) is 17.8 Å². The number of methoxy groups -OCH3 is 2. The maximum absolute atomic E-state index is 13.5. The summed E-state index contributed by atoms with van der Waals surface area (Å²) in [6.07, 6.45) is 0.615. The largest absolute Gasteiger partial charge is 0.493 e. The molecular weight excluding hydrogens is 446 g/mol. The summed E-state index contributed by atoms with van der Waals surface area (Å²) in [6, 6.07) is 9.26. The third kappa shape index (κ3) is 9.19. The molecule has 2 rings (SSSR count). The van der Waals surface area contributed by atoms with Crippen LogP contribution in [0.15, 0.2) is 34.7 Å². The molecule has 8 nitrogen and oxygen atoms in total. The monoisotopic (exact) mass is 487 g/mol. The van der Waals surface area contributed by atoms with Crippen LogP contribution in [-0.4, -0.2) is 61.1 Å². The van der Waals surface area contributed by atoms with Crippen molar-refractivity contribution >= 4 is 11.9 Å². The van der Waals surface area contributed by atoms with E-state index < -0.39 is 5.54 Å². The summed E-state index contributed by atoms with van der Waals surface area (Å²) >= 11 is 0. The molecule has 0 aliphatic heterocycles. The Morgan fingerprint density at radius 3 is 2.26 bits per heavy atom. The molecule has 1 heterocycles. The first-order valence-corrected chi connectivity index (χ1v) is 12.0. The molecule has 8 heteroatoms. The molecule has 0 spiro atoms. The van der Waals surface area contributed by atoms with Gasteiger partial charge in [0.25, 0.3) is 0 Å². The lowest BCUT2D eigenvalue weighted by atomic mass is 10.1. The van der Waals surface area contributed by atoms with Gasteiger partial charge in [0.15, 0.2) is 11.5 Å². The van der Waals surface area contributed by atoms with E-state index in [0.717, 1.165) is 11.3 Å². The number of nitrogens with zero attached hydrogens (tertiary/aromatic N) is 2. The van der Waals surface area contributed by atoms with E-state index in [-0.39, 0.29) is 24.4 Å². The SMILES string of the molecule is COc1ccc(CCN(Cc2ccc(C)o2)C(=O)CN(CC(C)C)C(=O)NC(C)(C)C)cc1OC. The van der Waals surface area contributed by atoms with Gasteiger partial charge in [-0.25, -0.2) is 4.79 Å². The van der Waals surface area contributed by atoms with Gasteiger partial charge in [0, 0.05) is 18.6 Å². The highest BCUT2D eigenvalue weighted by Crippen LogP contribution is 2.27. The topological polar surface area (TPSA) is 84.2 Å². The van der Waals surface area contributed by atoms with Crippen molar-refractivity contribution in [1.29, 1.82) is 0 Å². The van der Waals surface area contributed by atoms with Crippen LogP contribution in [0.5, 0.6) is 11.5 Å². The number of amides is 3. The normalized spacial score (nSPS) is 11.3. The number of carbonyl (C=O) groups is 2. The summed E-state index contributed by atoms with van der Waals surface area (Å²) in [5.41, 5.74) is 0.620. The van der Waals surface area contributed by atoms with Gasteiger partial charge in [0.2, 0.25) is 5.91 Å². The van der Waals surface area contributed by atoms with Crippen LogP contribution in [0, 0.1) is 12.8 Å². The minimum atomic E-state index is -0.395. The zero-order chi connectivity index (χ0) is 26.2. The zero-order valence-electron chi connectivity index (χ0n) is 22.4. The maximum Gasteiger partial charge on any atom is 0.318 e. The fraction of sp³-hybridized carbons (Fsp3) is 0.556. The Bertz CT molecular complexity index is 977. The lowest BCUT2D eigenvalue weighted by Gasteiger charge is -2.31. The molecule has 0 bridgehead atoms.